The molecule has 7 nitrogen and oxygen atoms in total. The number of amides is 1. The topological polar surface area (TPSA) is 87.2 Å². The van der Waals surface area contributed by atoms with Crippen molar-refractivity contribution in [2.24, 2.45) is 0 Å². The summed E-state index contributed by atoms with van der Waals surface area (Å²) < 4.78 is 6.16. The Balaban J connectivity index is 1.04. The predicted molar refractivity (Wildman–Crippen MR) is 150 cm³/mol. The van der Waals surface area contributed by atoms with Gasteiger partial charge >= 0.3 is 0 Å². The van der Waals surface area contributed by atoms with Crippen LogP contribution in [0.3, 0.4) is 0 Å². The van der Waals surface area contributed by atoms with Crippen LogP contribution in [0.2, 0.25) is 0 Å². The van der Waals surface area contributed by atoms with Crippen LogP contribution in [0.4, 0.5) is 0 Å². The highest BCUT2D eigenvalue weighted by Gasteiger charge is 2.40. The van der Waals surface area contributed by atoms with Crippen molar-refractivity contribution < 1.29 is 24.2 Å². The average Bonchev–Trinajstić information content (AvgIpc) is 3.31. The number of piperidine rings is 1. The first kappa shape index (κ1) is 26.4. The maximum atomic E-state index is 13.1. The van der Waals surface area contributed by atoms with Gasteiger partial charge in [0.15, 0.2) is 5.78 Å². The van der Waals surface area contributed by atoms with Crippen LogP contribution in [-0.2, 0) is 34.9 Å². The Morgan fingerprint density at radius 3 is 2.33 bits per heavy atom. The molecule has 2 fully saturated rings. The summed E-state index contributed by atoms with van der Waals surface area (Å²) >= 11 is 0. The summed E-state index contributed by atoms with van der Waals surface area (Å²) in [5.41, 5.74) is 3.86. The number of rotatable bonds is 7. The third-order valence-electron chi connectivity index (χ3n) is 8.59. The van der Waals surface area contributed by atoms with Gasteiger partial charge in [0, 0.05) is 37.2 Å². The van der Waals surface area contributed by atoms with Gasteiger partial charge in [-0.2, -0.15) is 0 Å². The SMILES string of the molecule is O=C1CCC(N2Cc3c(OCc4ccc(CN5CCC(O)(c6ccccc6)CC5)cc4)cccc3C2=O)C(=O)C1. The molecule has 2 heterocycles. The third kappa shape index (κ3) is 5.31. The number of carbonyl (C=O) groups excluding carboxylic acids is 3. The van der Waals surface area contributed by atoms with Gasteiger partial charge in [0.25, 0.3) is 5.91 Å². The molecule has 7 heteroatoms. The second-order valence-electron chi connectivity index (χ2n) is 11.2. The molecule has 1 atom stereocenters. The zero-order valence-corrected chi connectivity index (χ0v) is 22.6. The summed E-state index contributed by atoms with van der Waals surface area (Å²) in [5, 5.41) is 11.1. The number of aliphatic hydroxyl groups is 1. The molecule has 206 valence electrons. The summed E-state index contributed by atoms with van der Waals surface area (Å²) in [4.78, 5) is 41.2. The second-order valence-corrected chi connectivity index (χ2v) is 11.2. The zero-order chi connectivity index (χ0) is 27.7. The molecule has 6 rings (SSSR count). The number of ketones is 2. The van der Waals surface area contributed by atoms with E-state index in [2.05, 4.69) is 29.2 Å². The monoisotopic (exact) mass is 538 g/mol. The van der Waals surface area contributed by atoms with Gasteiger partial charge in [0.1, 0.15) is 18.1 Å². The Labute approximate surface area is 234 Å². The second kappa shape index (κ2) is 11.0. The molecule has 1 unspecified atom stereocenters. The highest BCUT2D eigenvalue weighted by atomic mass is 16.5. The Hall–Kier alpha value is -3.81. The van der Waals surface area contributed by atoms with Gasteiger partial charge in [-0.3, -0.25) is 19.3 Å². The lowest BCUT2D eigenvalue weighted by Gasteiger charge is -2.38. The van der Waals surface area contributed by atoms with Crippen LogP contribution in [0.25, 0.3) is 0 Å². The van der Waals surface area contributed by atoms with Crippen LogP contribution in [0.15, 0.2) is 72.8 Å². The molecule has 2 aliphatic heterocycles. The van der Waals surface area contributed by atoms with E-state index in [1.54, 1.807) is 11.0 Å². The summed E-state index contributed by atoms with van der Waals surface area (Å²) in [7, 11) is 0. The van der Waals surface area contributed by atoms with Crippen LogP contribution < -0.4 is 4.74 Å². The Morgan fingerprint density at radius 1 is 0.875 bits per heavy atom. The van der Waals surface area contributed by atoms with Gasteiger partial charge in [0.2, 0.25) is 0 Å². The van der Waals surface area contributed by atoms with Crippen molar-refractivity contribution in [2.45, 2.75) is 63.4 Å². The van der Waals surface area contributed by atoms with Crippen molar-refractivity contribution in [1.82, 2.24) is 9.80 Å². The van der Waals surface area contributed by atoms with Crippen molar-refractivity contribution in [3.63, 3.8) is 0 Å². The van der Waals surface area contributed by atoms with Gasteiger partial charge in [-0.1, -0.05) is 60.7 Å². The standard InChI is InChI=1S/C33H34N2O5/c36-26-13-14-29(30(37)19-26)35-21-28-27(32(35)38)7-4-8-31(28)40-22-24-11-9-23(10-12-24)20-34-17-15-33(39,16-18-34)25-5-2-1-3-6-25/h1-12,29,39H,13-22H2. The fourth-order valence-electron chi connectivity index (χ4n) is 6.18. The minimum atomic E-state index is -0.747. The van der Waals surface area contributed by atoms with Crippen LogP contribution in [-0.4, -0.2) is 51.5 Å². The van der Waals surface area contributed by atoms with Gasteiger partial charge < -0.3 is 14.7 Å². The van der Waals surface area contributed by atoms with Crippen molar-refractivity contribution in [2.75, 3.05) is 13.1 Å². The maximum absolute atomic E-state index is 13.1. The summed E-state index contributed by atoms with van der Waals surface area (Å²) in [6, 6.07) is 23.2. The van der Waals surface area contributed by atoms with E-state index in [9.17, 15) is 19.5 Å². The first-order chi connectivity index (χ1) is 19.4. The Morgan fingerprint density at radius 2 is 1.60 bits per heavy atom. The zero-order valence-electron chi connectivity index (χ0n) is 22.6. The minimum Gasteiger partial charge on any atom is -0.489 e. The molecule has 1 saturated heterocycles. The molecule has 1 N–H and O–H groups in total. The highest BCUT2D eigenvalue weighted by molar-refractivity contribution is 6.07. The van der Waals surface area contributed by atoms with E-state index < -0.39 is 11.6 Å². The van der Waals surface area contributed by atoms with Crippen LogP contribution >= 0.6 is 0 Å². The maximum Gasteiger partial charge on any atom is 0.255 e. The van der Waals surface area contributed by atoms with Gasteiger partial charge in [-0.15, -0.1) is 0 Å². The number of benzene rings is 3. The van der Waals surface area contributed by atoms with E-state index in [1.165, 1.54) is 5.56 Å². The molecular weight excluding hydrogens is 504 g/mol. The first-order valence-corrected chi connectivity index (χ1v) is 14.1. The van der Waals surface area contributed by atoms with Crippen LogP contribution in [0.5, 0.6) is 5.75 Å². The number of carbonyl (C=O) groups is 3. The number of Topliss-reactive ketones (excluding diaryl/α,β-unsaturated/α-hetero) is 2. The average molecular weight is 539 g/mol. The largest absolute Gasteiger partial charge is 0.489 e. The first-order valence-electron chi connectivity index (χ1n) is 14.1. The lowest BCUT2D eigenvalue weighted by molar-refractivity contribution is -0.133. The van der Waals surface area contributed by atoms with E-state index in [0.717, 1.165) is 49.2 Å². The van der Waals surface area contributed by atoms with Gasteiger partial charge in [0.05, 0.1) is 24.6 Å². The summed E-state index contributed by atoms with van der Waals surface area (Å²) in [6.07, 6.45) is 2.08. The highest BCUT2D eigenvalue weighted by Crippen LogP contribution is 2.35. The number of ether oxygens (including phenoxy) is 1. The van der Waals surface area contributed by atoms with Crippen molar-refractivity contribution in [1.29, 1.82) is 0 Å². The molecule has 3 aromatic rings. The van der Waals surface area contributed by atoms with E-state index in [4.69, 9.17) is 4.74 Å². The summed E-state index contributed by atoms with van der Waals surface area (Å²) in [5.74, 6) is 0.261. The number of likely N-dealkylation sites (tertiary alicyclic amines) is 1. The van der Waals surface area contributed by atoms with Crippen LogP contribution in [0, 0.1) is 0 Å². The van der Waals surface area contributed by atoms with Crippen molar-refractivity contribution >= 4 is 17.5 Å². The van der Waals surface area contributed by atoms with Gasteiger partial charge in [-0.25, -0.2) is 0 Å². The molecule has 0 radical (unpaired) electrons. The molecule has 1 aliphatic carbocycles. The molecule has 1 saturated carbocycles. The van der Waals surface area contributed by atoms with Crippen LogP contribution in [0.1, 0.15) is 64.7 Å². The lowest BCUT2D eigenvalue weighted by Crippen LogP contribution is -2.44. The quantitative estimate of drug-likeness (QED) is 0.449. The summed E-state index contributed by atoms with van der Waals surface area (Å²) in [6.45, 7) is 3.21. The van der Waals surface area contributed by atoms with E-state index >= 15 is 0 Å². The molecular formula is C33H34N2O5. The van der Waals surface area contributed by atoms with Crippen molar-refractivity contribution in [3.8, 4) is 5.75 Å². The number of hydrogen-bond donors (Lipinski definition) is 1. The molecule has 1 amide bonds. The number of fused-ring (bicyclic) bond motifs is 1. The number of nitrogens with zero attached hydrogens (tertiary/aromatic N) is 2. The molecule has 0 aromatic heterocycles. The predicted octanol–water partition coefficient (Wildman–Crippen LogP) is 4.40. The Bertz CT molecular complexity index is 1410. The fourth-order valence-corrected chi connectivity index (χ4v) is 6.18. The smallest absolute Gasteiger partial charge is 0.255 e. The van der Waals surface area contributed by atoms with Crippen molar-refractivity contribution in [3.05, 3.63) is 101 Å². The molecule has 3 aliphatic rings. The van der Waals surface area contributed by atoms with E-state index in [-0.39, 0.29) is 23.9 Å². The molecule has 0 bridgehead atoms. The Kier molecular flexibility index (Phi) is 7.26. The van der Waals surface area contributed by atoms with Gasteiger partial charge in [-0.05, 0) is 48.1 Å². The third-order valence-corrected chi connectivity index (χ3v) is 8.59. The minimum absolute atomic E-state index is 0.0494. The normalized spacial score (nSPS) is 21.0. The lowest BCUT2D eigenvalue weighted by atomic mass is 9.84. The fraction of sp³-hybridized carbons (Fsp3) is 0.364. The molecule has 3 aromatic carbocycles. The molecule has 0 spiro atoms. The van der Waals surface area contributed by atoms with E-state index in [0.29, 0.717) is 37.3 Å². The molecule has 40 heavy (non-hydrogen) atoms. The number of hydrogen-bond acceptors (Lipinski definition) is 6. The van der Waals surface area contributed by atoms with E-state index in [1.807, 2.05) is 42.5 Å².